The Kier molecular flexibility index (Phi) is 6.92. The normalized spacial score (nSPS) is 21.3. The molecule has 0 spiro atoms. The summed E-state index contributed by atoms with van der Waals surface area (Å²) < 4.78 is 10.8. The van der Waals surface area contributed by atoms with Gasteiger partial charge in [-0.1, -0.05) is 6.92 Å². The standard InChI is InChI=1S/C11H23N3O2/c1-2-5-13-11(12)14-6-3-7-16-10-4-8-15-9-10/h10H,2-9H2,1H3,(H3,12,13,14). The van der Waals surface area contributed by atoms with Gasteiger partial charge < -0.3 is 20.5 Å². The van der Waals surface area contributed by atoms with Crippen molar-refractivity contribution in [2.24, 2.45) is 10.7 Å². The molecule has 1 fully saturated rings. The van der Waals surface area contributed by atoms with Crippen LogP contribution < -0.4 is 11.1 Å². The van der Waals surface area contributed by atoms with E-state index in [1.165, 1.54) is 0 Å². The van der Waals surface area contributed by atoms with E-state index in [1.54, 1.807) is 0 Å². The number of rotatable bonds is 7. The van der Waals surface area contributed by atoms with Gasteiger partial charge in [0, 0.05) is 26.3 Å². The Morgan fingerprint density at radius 3 is 3.19 bits per heavy atom. The number of nitrogens with zero attached hydrogens (tertiary/aromatic N) is 1. The molecule has 0 bridgehead atoms. The Morgan fingerprint density at radius 2 is 2.50 bits per heavy atom. The fourth-order valence-electron chi connectivity index (χ4n) is 1.47. The Bertz CT molecular complexity index is 203. The highest BCUT2D eigenvalue weighted by molar-refractivity contribution is 5.77. The molecule has 0 aromatic rings. The van der Waals surface area contributed by atoms with Crippen LogP contribution in [0, 0.1) is 0 Å². The van der Waals surface area contributed by atoms with Crippen LogP contribution in [0.15, 0.2) is 4.99 Å². The van der Waals surface area contributed by atoms with Crippen molar-refractivity contribution >= 4 is 5.96 Å². The molecule has 1 heterocycles. The molecular weight excluding hydrogens is 206 g/mol. The lowest BCUT2D eigenvalue weighted by atomic mass is 10.3. The molecule has 3 N–H and O–H groups in total. The molecule has 0 saturated carbocycles. The topological polar surface area (TPSA) is 68.9 Å². The maximum Gasteiger partial charge on any atom is 0.188 e. The van der Waals surface area contributed by atoms with E-state index in [2.05, 4.69) is 17.2 Å². The highest BCUT2D eigenvalue weighted by atomic mass is 16.5. The van der Waals surface area contributed by atoms with Gasteiger partial charge in [-0.05, 0) is 19.3 Å². The van der Waals surface area contributed by atoms with Crippen molar-refractivity contribution in [1.29, 1.82) is 0 Å². The van der Waals surface area contributed by atoms with Gasteiger partial charge in [0.25, 0.3) is 0 Å². The summed E-state index contributed by atoms with van der Waals surface area (Å²) in [5, 5.41) is 3.06. The highest BCUT2D eigenvalue weighted by Crippen LogP contribution is 2.07. The minimum absolute atomic E-state index is 0.297. The lowest BCUT2D eigenvalue weighted by Crippen LogP contribution is -2.33. The van der Waals surface area contributed by atoms with Gasteiger partial charge in [-0.2, -0.15) is 0 Å². The molecule has 1 aliphatic rings. The molecule has 1 atom stereocenters. The van der Waals surface area contributed by atoms with Crippen LogP contribution in [0.1, 0.15) is 26.2 Å². The molecule has 1 aliphatic heterocycles. The molecule has 5 heteroatoms. The lowest BCUT2D eigenvalue weighted by Gasteiger charge is -2.10. The molecule has 5 nitrogen and oxygen atoms in total. The van der Waals surface area contributed by atoms with E-state index in [9.17, 15) is 0 Å². The number of nitrogens with one attached hydrogen (secondary N) is 1. The number of aliphatic imine (C=N–C) groups is 1. The fraction of sp³-hybridized carbons (Fsp3) is 0.909. The van der Waals surface area contributed by atoms with Crippen molar-refractivity contribution in [3.8, 4) is 0 Å². The van der Waals surface area contributed by atoms with E-state index in [1.807, 2.05) is 0 Å². The summed E-state index contributed by atoms with van der Waals surface area (Å²) in [6, 6.07) is 0. The van der Waals surface area contributed by atoms with Crippen LogP contribution in [0.3, 0.4) is 0 Å². The van der Waals surface area contributed by atoms with Crippen molar-refractivity contribution in [2.45, 2.75) is 32.3 Å². The number of hydrogen-bond acceptors (Lipinski definition) is 3. The molecule has 94 valence electrons. The van der Waals surface area contributed by atoms with E-state index in [4.69, 9.17) is 15.2 Å². The Balaban J connectivity index is 1.90. The van der Waals surface area contributed by atoms with E-state index in [0.29, 0.717) is 12.1 Å². The number of hydrogen-bond donors (Lipinski definition) is 2. The van der Waals surface area contributed by atoms with Gasteiger partial charge in [-0.3, -0.25) is 4.99 Å². The van der Waals surface area contributed by atoms with Crippen molar-refractivity contribution in [3.63, 3.8) is 0 Å². The zero-order chi connectivity index (χ0) is 11.6. The maximum atomic E-state index is 5.64. The molecule has 0 aromatic heterocycles. The summed E-state index contributed by atoms with van der Waals surface area (Å²) in [4.78, 5) is 4.14. The first-order valence-electron chi connectivity index (χ1n) is 6.06. The zero-order valence-corrected chi connectivity index (χ0v) is 10.1. The van der Waals surface area contributed by atoms with Crippen LogP contribution in [-0.4, -0.2) is 45.0 Å². The number of ether oxygens (including phenoxy) is 2. The number of guanidine groups is 1. The molecule has 1 unspecified atom stereocenters. The van der Waals surface area contributed by atoms with Crippen molar-refractivity contribution < 1.29 is 9.47 Å². The highest BCUT2D eigenvalue weighted by Gasteiger charge is 2.15. The minimum atomic E-state index is 0.297. The first-order chi connectivity index (χ1) is 7.83. The third-order valence-electron chi connectivity index (χ3n) is 2.37. The van der Waals surface area contributed by atoms with Gasteiger partial charge in [-0.25, -0.2) is 0 Å². The summed E-state index contributed by atoms with van der Waals surface area (Å²) in [5.41, 5.74) is 5.64. The Labute approximate surface area is 97.4 Å². The van der Waals surface area contributed by atoms with Crippen LogP contribution in [0.2, 0.25) is 0 Å². The average Bonchev–Trinajstić information content (AvgIpc) is 2.79. The zero-order valence-electron chi connectivity index (χ0n) is 10.1. The molecule has 16 heavy (non-hydrogen) atoms. The summed E-state index contributed by atoms with van der Waals surface area (Å²) in [6.45, 7) is 6.00. The SMILES string of the molecule is CCCN=C(N)NCCCOC1CCOC1. The minimum Gasteiger partial charge on any atom is -0.379 e. The predicted molar refractivity (Wildman–Crippen MR) is 64.6 cm³/mol. The van der Waals surface area contributed by atoms with Crippen LogP contribution >= 0.6 is 0 Å². The largest absolute Gasteiger partial charge is 0.379 e. The lowest BCUT2D eigenvalue weighted by molar-refractivity contribution is 0.0420. The van der Waals surface area contributed by atoms with Gasteiger partial charge in [-0.15, -0.1) is 0 Å². The quantitative estimate of drug-likeness (QED) is 0.379. The summed E-state index contributed by atoms with van der Waals surface area (Å²) in [5.74, 6) is 0.533. The van der Waals surface area contributed by atoms with Gasteiger partial charge in [0.1, 0.15) is 0 Å². The van der Waals surface area contributed by atoms with Crippen molar-refractivity contribution in [3.05, 3.63) is 0 Å². The Morgan fingerprint density at radius 1 is 1.62 bits per heavy atom. The summed E-state index contributed by atoms with van der Waals surface area (Å²) in [7, 11) is 0. The van der Waals surface area contributed by atoms with Crippen LogP contribution in [0.4, 0.5) is 0 Å². The molecule has 0 amide bonds. The van der Waals surface area contributed by atoms with Crippen LogP contribution in [-0.2, 0) is 9.47 Å². The molecule has 0 radical (unpaired) electrons. The third kappa shape index (κ3) is 5.92. The molecule has 0 aliphatic carbocycles. The summed E-state index contributed by atoms with van der Waals surface area (Å²) >= 11 is 0. The molecule has 1 saturated heterocycles. The summed E-state index contributed by atoms with van der Waals surface area (Å²) in [6.07, 6.45) is 3.28. The van der Waals surface area contributed by atoms with Gasteiger partial charge in [0.15, 0.2) is 5.96 Å². The maximum absolute atomic E-state index is 5.64. The first-order valence-corrected chi connectivity index (χ1v) is 6.06. The predicted octanol–water partition coefficient (Wildman–Crippen LogP) is 0.496. The van der Waals surface area contributed by atoms with Crippen molar-refractivity contribution in [2.75, 3.05) is 32.9 Å². The average molecular weight is 229 g/mol. The first kappa shape index (κ1) is 13.3. The smallest absolute Gasteiger partial charge is 0.188 e. The number of nitrogens with two attached hydrogens (primary N) is 1. The third-order valence-corrected chi connectivity index (χ3v) is 2.37. The van der Waals surface area contributed by atoms with E-state index in [0.717, 1.165) is 52.2 Å². The van der Waals surface area contributed by atoms with E-state index in [-0.39, 0.29) is 0 Å². The molecule has 0 aromatic carbocycles. The van der Waals surface area contributed by atoms with Crippen LogP contribution in [0.5, 0.6) is 0 Å². The monoisotopic (exact) mass is 229 g/mol. The fourth-order valence-corrected chi connectivity index (χ4v) is 1.47. The van der Waals surface area contributed by atoms with Crippen molar-refractivity contribution in [1.82, 2.24) is 5.32 Å². The van der Waals surface area contributed by atoms with E-state index < -0.39 is 0 Å². The Hall–Kier alpha value is -0.810. The van der Waals surface area contributed by atoms with Gasteiger partial charge in [0.2, 0.25) is 0 Å². The second-order valence-electron chi connectivity index (χ2n) is 3.90. The van der Waals surface area contributed by atoms with Gasteiger partial charge >= 0.3 is 0 Å². The van der Waals surface area contributed by atoms with Gasteiger partial charge in [0.05, 0.1) is 12.7 Å². The second kappa shape index (κ2) is 8.35. The molecular formula is C11H23N3O2. The second-order valence-corrected chi connectivity index (χ2v) is 3.90. The van der Waals surface area contributed by atoms with E-state index >= 15 is 0 Å². The molecule has 1 rings (SSSR count). The van der Waals surface area contributed by atoms with Crippen LogP contribution in [0.25, 0.3) is 0 Å².